The summed E-state index contributed by atoms with van der Waals surface area (Å²) in [6.07, 6.45) is 6.19. The third kappa shape index (κ3) is 11.6. The highest BCUT2D eigenvalue weighted by Gasteiger charge is 1.90. The Morgan fingerprint density at radius 2 is 1.55 bits per heavy atom. The number of aldehydes is 1. The van der Waals surface area contributed by atoms with Crippen molar-refractivity contribution in [1.29, 1.82) is 0 Å². The molecule has 33 heavy (non-hydrogen) atoms. The Labute approximate surface area is 221 Å². The number of pyridine rings is 2. The SMILES string of the molecule is Ic1ccc(C=NCc2ccccn2)cc1.NNc1ccccn1.O=Cc1cccc(I)c1. The van der Waals surface area contributed by atoms with Gasteiger partial charge in [-0.3, -0.25) is 14.8 Å². The summed E-state index contributed by atoms with van der Waals surface area (Å²) in [4.78, 5) is 22.6. The molecule has 0 saturated carbocycles. The van der Waals surface area contributed by atoms with Gasteiger partial charge in [-0.25, -0.2) is 10.8 Å². The monoisotopic (exact) mass is 663 g/mol. The molecule has 0 unspecified atom stereocenters. The third-order valence-electron chi connectivity index (χ3n) is 3.89. The number of aromatic nitrogens is 2. The van der Waals surface area contributed by atoms with E-state index in [0.717, 1.165) is 26.7 Å². The maximum Gasteiger partial charge on any atom is 0.150 e. The Morgan fingerprint density at radius 3 is 2.06 bits per heavy atom. The van der Waals surface area contributed by atoms with Crippen LogP contribution in [0, 0.1) is 7.14 Å². The molecular weight excluding hydrogens is 640 g/mol. The summed E-state index contributed by atoms with van der Waals surface area (Å²) >= 11 is 4.46. The molecule has 0 aliphatic rings. The van der Waals surface area contributed by atoms with Crippen LogP contribution in [0.5, 0.6) is 0 Å². The third-order valence-corrected chi connectivity index (χ3v) is 5.28. The van der Waals surface area contributed by atoms with Crippen LogP contribution in [0.4, 0.5) is 5.82 Å². The lowest BCUT2D eigenvalue weighted by Gasteiger charge is -1.95. The molecule has 0 radical (unpaired) electrons. The van der Waals surface area contributed by atoms with Gasteiger partial charge in [0.15, 0.2) is 0 Å². The Morgan fingerprint density at radius 1 is 0.818 bits per heavy atom. The molecule has 4 rings (SSSR count). The molecule has 0 aliphatic carbocycles. The first kappa shape index (κ1) is 26.6. The number of nitrogens with zero attached hydrogens (tertiary/aromatic N) is 3. The minimum absolute atomic E-state index is 0.632. The highest BCUT2D eigenvalue weighted by atomic mass is 127. The molecule has 0 fully saturated rings. The number of aliphatic imine (C=N–C) groups is 1. The number of hydrazine groups is 1. The van der Waals surface area contributed by atoms with Crippen molar-refractivity contribution in [3.63, 3.8) is 0 Å². The largest absolute Gasteiger partial charge is 0.308 e. The van der Waals surface area contributed by atoms with Crippen molar-refractivity contribution in [2.45, 2.75) is 6.54 Å². The normalized spacial score (nSPS) is 9.79. The summed E-state index contributed by atoms with van der Waals surface area (Å²) in [5.41, 5.74) is 5.27. The number of nitrogens with two attached hydrogens (primary N) is 1. The van der Waals surface area contributed by atoms with Crippen molar-refractivity contribution in [1.82, 2.24) is 9.97 Å². The molecular formula is C25H23I2N5O. The zero-order valence-corrected chi connectivity index (χ0v) is 22.0. The summed E-state index contributed by atoms with van der Waals surface area (Å²) in [6, 6.07) is 27.1. The topological polar surface area (TPSA) is 93.3 Å². The van der Waals surface area contributed by atoms with E-state index in [0.29, 0.717) is 12.4 Å². The summed E-state index contributed by atoms with van der Waals surface area (Å²) < 4.78 is 2.33. The minimum Gasteiger partial charge on any atom is -0.308 e. The van der Waals surface area contributed by atoms with Crippen molar-refractivity contribution in [3.8, 4) is 0 Å². The van der Waals surface area contributed by atoms with E-state index in [1.54, 1.807) is 24.5 Å². The van der Waals surface area contributed by atoms with E-state index in [2.05, 4.69) is 89.8 Å². The Balaban J connectivity index is 0.000000192. The van der Waals surface area contributed by atoms with Gasteiger partial charge in [-0.1, -0.05) is 36.4 Å². The van der Waals surface area contributed by atoms with E-state index in [9.17, 15) is 4.79 Å². The van der Waals surface area contributed by atoms with Gasteiger partial charge < -0.3 is 5.43 Å². The van der Waals surface area contributed by atoms with Gasteiger partial charge in [0.25, 0.3) is 0 Å². The van der Waals surface area contributed by atoms with Crippen molar-refractivity contribution >= 4 is 63.5 Å². The maximum absolute atomic E-state index is 10.2. The van der Waals surface area contributed by atoms with Crippen LogP contribution < -0.4 is 11.3 Å². The van der Waals surface area contributed by atoms with E-state index < -0.39 is 0 Å². The van der Waals surface area contributed by atoms with Gasteiger partial charge in [-0.2, -0.15) is 0 Å². The molecule has 0 bridgehead atoms. The second-order valence-corrected chi connectivity index (χ2v) is 8.87. The minimum atomic E-state index is 0.632. The van der Waals surface area contributed by atoms with Gasteiger partial charge in [-0.15, -0.1) is 0 Å². The number of hydrogen-bond acceptors (Lipinski definition) is 6. The second-order valence-electron chi connectivity index (χ2n) is 6.37. The highest BCUT2D eigenvalue weighted by Crippen LogP contribution is 2.06. The summed E-state index contributed by atoms with van der Waals surface area (Å²) in [7, 11) is 0. The molecule has 2 aromatic carbocycles. The molecule has 0 saturated heterocycles. The first-order chi connectivity index (χ1) is 16.1. The van der Waals surface area contributed by atoms with Gasteiger partial charge in [0.2, 0.25) is 0 Å². The number of hydrogen-bond donors (Lipinski definition) is 2. The van der Waals surface area contributed by atoms with Crippen LogP contribution in [0.25, 0.3) is 0 Å². The lowest BCUT2D eigenvalue weighted by molar-refractivity contribution is 0.112. The van der Waals surface area contributed by atoms with Crippen LogP contribution in [0.3, 0.4) is 0 Å². The van der Waals surface area contributed by atoms with Crippen molar-refractivity contribution in [2.24, 2.45) is 10.8 Å². The van der Waals surface area contributed by atoms with E-state index in [1.165, 1.54) is 3.57 Å². The Bertz CT molecular complexity index is 1110. The zero-order valence-electron chi connectivity index (χ0n) is 17.7. The van der Waals surface area contributed by atoms with Gasteiger partial charge in [0, 0.05) is 31.3 Å². The average molecular weight is 663 g/mol. The van der Waals surface area contributed by atoms with Crippen LogP contribution >= 0.6 is 45.2 Å². The number of benzene rings is 2. The van der Waals surface area contributed by atoms with Gasteiger partial charge in [0.05, 0.1) is 12.2 Å². The van der Waals surface area contributed by atoms with Gasteiger partial charge >= 0.3 is 0 Å². The molecule has 4 aromatic rings. The molecule has 6 nitrogen and oxygen atoms in total. The fraction of sp³-hybridized carbons (Fsp3) is 0.0400. The zero-order chi connectivity index (χ0) is 23.7. The fourth-order valence-electron chi connectivity index (χ4n) is 2.31. The van der Waals surface area contributed by atoms with Crippen molar-refractivity contribution < 1.29 is 4.79 Å². The molecule has 0 spiro atoms. The molecule has 2 heterocycles. The van der Waals surface area contributed by atoms with E-state index in [1.807, 2.05) is 54.7 Å². The van der Waals surface area contributed by atoms with Gasteiger partial charge in [-0.05, 0) is 99.3 Å². The summed E-state index contributed by atoms with van der Waals surface area (Å²) in [5.74, 6) is 5.72. The molecule has 168 valence electrons. The van der Waals surface area contributed by atoms with Crippen LogP contribution in [-0.2, 0) is 6.54 Å². The average Bonchev–Trinajstić information content (AvgIpc) is 2.87. The Kier molecular flexibility index (Phi) is 12.9. The van der Waals surface area contributed by atoms with E-state index in [4.69, 9.17) is 5.84 Å². The lowest BCUT2D eigenvalue weighted by atomic mass is 10.2. The molecule has 3 N–H and O–H groups in total. The predicted octanol–water partition coefficient (Wildman–Crippen LogP) is 5.78. The first-order valence-electron chi connectivity index (χ1n) is 9.84. The standard InChI is InChI=1S/C13H11IN2.C7H5IO.C5H7N3/c14-12-6-4-11(5-7-12)9-15-10-13-3-1-2-8-16-13;8-7-3-1-2-6(4-7)5-9;6-8-5-3-1-2-4-7-5/h1-9H,10H2;1-5H;1-4H,6H2,(H,7,8). The van der Waals surface area contributed by atoms with Crippen molar-refractivity contribution in [2.75, 3.05) is 5.43 Å². The molecule has 8 heteroatoms. The van der Waals surface area contributed by atoms with Crippen LogP contribution in [0.15, 0.2) is 102 Å². The summed E-state index contributed by atoms with van der Waals surface area (Å²) in [5, 5.41) is 0. The Hall–Kier alpha value is -2.70. The van der Waals surface area contributed by atoms with Crippen LogP contribution in [0.2, 0.25) is 0 Å². The smallest absolute Gasteiger partial charge is 0.150 e. The number of carbonyl (C=O) groups is 1. The number of halogens is 2. The lowest BCUT2D eigenvalue weighted by Crippen LogP contribution is -2.07. The van der Waals surface area contributed by atoms with Crippen LogP contribution in [-0.4, -0.2) is 22.5 Å². The van der Waals surface area contributed by atoms with Crippen LogP contribution in [0.1, 0.15) is 21.6 Å². The quantitative estimate of drug-likeness (QED) is 0.0930. The van der Waals surface area contributed by atoms with E-state index >= 15 is 0 Å². The van der Waals surface area contributed by atoms with Gasteiger partial charge in [0.1, 0.15) is 12.1 Å². The number of rotatable bonds is 5. The number of nitrogens with one attached hydrogen (secondary N) is 1. The van der Waals surface area contributed by atoms with E-state index in [-0.39, 0.29) is 0 Å². The first-order valence-corrected chi connectivity index (χ1v) is 12.0. The number of nitrogen functional groups attached to an aromatic ring is 1. The summed E-state index contributed by atoms with van der Waals surface area (Å²) in [6.45, 7) is 0.632. The number of anilines is 1. The maximum atomic E-state index is 10.2. The van der Waals surface area contributed by atoms with Crippen molar-refractivity contribution in [3.05, 3.63) is 121 Å². The number of carbonyl (C=O) groups excluding carboxylic acids is 1. The fourth-order valence-corrected chi connectivity index (χ4v) is 3.24. The predicted molar refractivity (Wildman–Crippen MR) is 151 cm³/mol. The molecule has 2 aromatic heterocycles. The molecule has 0 atom stereocenters. The molecule has 0 amide bonds. The second kappa shape index (κ2) is 16.0. The highest BCUT2D eigenvalue weighted by molar-refractivity contribution is 14.1. The molecule has 0 aliphatic heterocycles.